The van der Waals surface area contributed by atoms with Gasteiger partial charge in [0.15, 0.2) is 0 Å². The Morgan fingerprint density at radius 2 is 2.08 bits per heavy atom. The second kappa shape index (κ2) is 7.40. The number of hydrogen-bond donors (Lipinski definition) is 1. The van der Waals surface area contributed by atoms with Gasteiger partial charge in [-0.1, -0.05) is 37.3 Å². The Kier molecular flexibility index (Phi) is 5.05. The van der Waals surface area contributed by atoms with E-state index < -0.39 is 0 Å². The van der Waals surface area contributed by atoms with Gasteiger partial charge >= 0.3 is 0 Å². The van der Waals surface area contributed by atoms with Gasteiger partial charge in [0.25, 0.3) is 0 Å². The van der Waals surface area contributed by atoms with Crippen LogP contribution in [-0.2, 0) is 18.3 Å². The lowest BCUT2D eigenvalue weighted by Gasteiger charge is -2.17. The summed E-state index contributed by atoms with van der Waals surface area (Å²) in [5.41, 5.74) is 2.89. The minimum absolute atomic E-state index is 0.0204. The fourth-order valence-electron chi connectivity index (χ4n) is 2.62. The Morgan fingerprint density at radius 1 is 1.29 bits per heavy atom. The zero-order valence-corrected chi connectivity index (χ0v) is 14.6. The molecule has 5 nitrogen and oxygen atoms in total. The monoisotopic (exact) mass is 340 g/mol. The molecule has 124 valence electrons. The molecule has 1 atom stereocenters. The molecule has 0 saturated heterocycles. The first-order valence-electron chi connectivity index (χ1n) is 7.94. The lowest BCUT2D eigenvalue weighted by atomic mass is 10.1. The highest BCUT2D eigenvalue weighted by Crippen LogP contribution is 2.23. The van der Waals surface area contributed by atoms with E-state index in [4.69, 9.17) is 0 Å². The highest BCUT2D eigenvalue weighted by Gasteiger charge is 2.17. The van der Waals surface area contributed by atoms with Crippen molar-refractivity contribution < 1.29 is 4.79 Å². The fourth-order valence-corrected chi connectivity index (χ4v) is 3.45. The average Bonchev–Trinajstić information content (AvgIpc) is 3.23. The van der Waals surface area contributed by atoms with Crippen LogP contribution in [0.2, 0.25) is 0 Å². The van der Waals surface area contributed by atoms with Crippen molar-refractivity contribution in [3.05, 3.63) is 59.4 Å². The number of nitrogens with one attached hydrogen (secondary N) is 1. The number of nitrogens with zero attached hydrogens (tertiary/aromatic N) is 3. The molecule has 1 N–H and O–H groups in total. The van der Waals surface area contributed by atoms with E-state index in [9.17, 15) is 4.79 Å². The van der Waals surface area contributed by atoms with Crippen molar-refractivity contribution in [2.75, 3.05) is 0 Å². The molecule has 0 radical (unpaired) electrons. The van der Waals surface area contributed by atoms with E-state index in [0.29, 0.717) is 0 Å². The van der Waals surface area contributed by atoms with Gasteiger partial charge in [-0.05, 0) is 12.5 Å². The van der Waals surface area contributed by atoms with Crippen LogP contribution in [0.4, 0.5) is 0 Å². The summed E-state index contributed by atoms with van der Waals surface area (Å²) in [5, 5.41) is 10.1. The number of thiazole rings is 1. The average molecular weight is 340 g/mol. The number of benzene rings is 1. The second-order valence-corrected chi connectivity index (χ2v) is 6.45. The van der Waals surface area contributed by atoms with Crippen molar-refractivity contribution in [1.29, 1.82) is 0 Å². The van der Waals surface area contributed by atoms with Gasteiger partial charge in [-0.25, -0.2) is 4.98 Å². The number of hydrogen-bond acceptors (Lipinski definition) is 4. The number of carbonyl (C=O) groups excluding carboxylic acids is 1. The van der Waals surface area contributed by atoms with Crippen LogP contribution in [0.5, 0.6) is 0 Å². The molecule has 0 aliphatic carbocycles. The third-order valence-electron chi connectivity index (χ3n) is 3.87. The van der Waals surface area contributed by atoms with Crippen LogP contribution >= 0.6 is 11.3 Å². The normalized spacial score (nSPS) is 12.1. The predicted molar refractivity (Wildman–Crippen MR) is 95.6 cm³/mol. The summed E-state index contributed by atoms with van der Waals surface area (Å²) in [4.78, 5) is 16.9. The molecule has 0 spiro atoms. The van der Waals surface area contributed by atoms with Crippen LogP contribution in [0.25, 0.3) is 10.6 Å². The molecule has 0 saturated carbocycles. The first-order chi connectivity index (χ1) is 11.7. The maximum atomic E-state index is 12.4. The van der Waals surface area contributed by atoms with E-state index in [2.05, 4.69) is 15.4 Å². The standard InChI is InChI=1S/C18H20N4OS/c1-3-15(16-9-10-19-22(16)2)21-17(23)11-14-12-24-18(20-14)13-7-5-4-6-8-13/h4-10,12,15H,3,11H2,1-2H3,(H,21,23)/t15-/m0/s1. The third kappa shape index (κ3) is 3.71. The first-order valence-corrected chi connectivity index (χ1v) is 8.82. The molecule has 2 aromatic heterocycles. The van der Waals surface area contributed by atoms with E-state index in [1.807, 2.05) is 55.7 Å². The second-order valence-electron chi connectivity index (χ2n) is 5.59. The number of rotatable bonds is 6. The van der Waals surface area contributed by atoms with E-state index in [1.165, 1.54) is 0 Å². The number of amides is 1. The van der Waals surface area contributed by atoms with Gasteiger partial charge < -0.3 is 5.32 Å². The number of aromatic nitrogens is 3. The number of carbonyl (C=O) groups is 1. The molecule has 0 fully saturated rings. The lowest BCUT2D eigenvalue weighted by molar-refractivity contribution is -0.121. The van der Waals surface area contributed by atoms with Gasteiger partial charge in [0.2, 0.25) is 5.91 Å². The summed E-state index contributed by atoms with van der Waals surface area (Å²) in [5.74, 6) is -0.0204. The van der Waals surface area contributed by atoms with Gasteiger partial charge in [-0.3, -0.25) is 9.48 Å². The predicted octanol–water partition coefficient (Wildman–Crippen LogP) is 3.35. The third-order valence-corrected chi connectivity index (χ3v) is 4.81. The molecule has 3 rings (SSSR count). The van der Waals surface area contributed by atoms with Gasteiger partial charge in [0.1, 0.15) is 5.01 Å². The molecule has 0 unspecified atom stereocenters. The Balaban J connectivity index is 1.65. The molecule has 0 aliphatic rings. The Labute approximate surface area is 145 Å². The molecule has 0 aliphatic heterocycles. The summed E-state index contributed by atoms with van der Waals surface area (Å²) >= 11 is 1.56. The Hall–Kier alpha value is -2.47. The summed E-state index contributed by atoms with van der Waals surface area (Å²) in [6.07, 6.45) is 2.85. The van der Waals surface area contributed by atoms with Crippen molar-refractivity contribution in [3.63, 3.8) is 0 Å². The molecule has 2 heterocycles. The highest BCUT2D eigenvalue weighted by molar-refractivity contribution is 7.13. The van der Waals surface area contributed by atoms with Crippen molar-refractivity contribution in [2.45, 2.75) is 25.8 Å². The van der Waals surface area contributed by atoms with Crippen LogP contribution in [0.3, 0.4) is 0 Å². The lowest BCUT2D eigenvalue weighted by Crippen LogP contribution is -2.30. The van der Waals surface area contributed by atoms with E-state index in [0.717, 1.165) is 28.4 Å². The van der Waals surface area contributed by atoms with Crippen molar-refractivity contribution in [1.82, 2.24) is 20.1 Å². The molecule has 1 aromatic carbocycles. The minimum Gasteiger partial charge on any atom is -0.347 e. The summed E-state index contributed by atoms with van der Waals surface area (Å²) in [6, 6.07) is 11.9. The Bertz CT molecular complexity index is 809. The zero-order valence-electron chi connectivity index (χ0n) is 13.8. The topological polar surface area (TPSA) is 59.8 Å². The molecule has 24 heavy (non-hydrogen) atoms. The number of aryl methyl sites for hydroxylation is 1. The Morgan fingerprint density at radius 3 is 2.75 bits per heavy atom. The molecular formula is C18H20N4OS. The molecule has 1 amide bonds. The smallest absolute Gasteiger partial charge is 0.226 e. The maximum Gasteiger partial charge on any atom is 0.226 e. The molecule has 6 heteroatoms. The summed E-state index contributed by atoms with van der Waals surface area (Å²) in [6.45, 7) is 2.05. The highest BCUT2D eigenvalue weighted by atomic mass is 32.1. The van der Waals surface area contributed by atoms with Gasteiger partial charge in [-0.2, -0.15) is 5.10 Å². The maximum absolute atomic E-state index is 12.4. The fraction of sp³-hybridized carbons (Fsp3) is 0.278. The first kappa shape index (κ1) is 16.4. The van der Waals surface area contributed by atoms with Gasteiger partial charge in [0.05, 0.1) is 23.9 Å². The van der Waals surface area contributed by atoms with E-state index in [-0.39, 0.29) is 18.4 Å². The van der Waals surface area contributed by atoms with Crippen LogP contribution in [0.1, 0.15) is 30.8 Å². The van der Waals surface area contributed by atoms with Crippen molar-refractivity contribution >= 4 is 17.2 Å². The SMILES string of the molecule is CC[C@H](NC(=O)Cc1csc(-c2ccccc2)n1)c1ccnn1C. The minimum atomic E-state index is -0.0303. The van der Waals surface area contributed by atoms with Crippen LogP contribution in [0.15, 0.2) is 48.0 Å². The molecule has 0 bridgehead atoms. The summed E-state index contributed by atoms with van der Waals surface area (Å²) in [7, 11) is 1.89. The van der Waals surface area contributed by atoms with E-state index >= 15 is 0 Å². The van der Waals surface area contributed by atoms with Crippen molar-refractivity contribution in [2.24, 2.45) is 7.05 Å². The van der Waals surface area contributed by atoms with Crippen LogP contribution in [0, 0.1) is 0 Å². The molecule has 3 aromatic rings. The largest absolute Gasteiger partial charge is 0.347 e. The van der Waals surface area contributed by atoms with Gasteiger partial charge in [-0.15, -0.1) is 11.3 Å². The van der Waals surface area contributed by atoms with Crippen LogP contribution in [-0.4, -0.2) is 20.7 Å². The van der Waals surface area contributed by atoms with Gasteiger partial charge in [0, 0.05) is 24.2 Å². The van der Waals surface area contributed by atoms with Crippen LogP contribution < -0.4 is 5.32 Å². The molecular weight excluding hydrogens is 320 g/mol. The van der Waals surface area contributed by atoms with E-state index in [1.54, 1.807) is 22.2 Å². The summed E-state index contributed by atoms with van der Waals surface area (Å²) < 4.78 is 1.80. The van der Waals surface area contributed by atoms with Crippen molar-refractivity contribution in [3.8, 4) is 10.6 Å². The zero-order chi connectivity index (χ0) is 16.9. The quantitative estimate of drug-likeness (QED) is 0.748.